The Bertz CT molecular complexity index is 1670. The standard InChI is InChI=1S/C27H24Cl2N6O4/c1-36-24-6-19-18-5-22(35-26(31)20(18)11-33-23(19)7-25(24)37-2)14-3-17(10-32-8-14)38-12-16(30)13-39-27-21(29)4-15(28)9-34-27/h3-11,16H,12-13,30H2,1-2H3,(H2,31,35)/t16-/m1/s1. The number of pyridine rings is 4. The largest absolute Gasteiger partial charge is 0.493 e. The van der Waals surface area contributed by atoms with Gasteiger partial charge in [-0.15, -0.1) is 0 Å². The Kier molecular flexibility index (Phi) is 7.69. The first-order valence-corrected chi connectivity index (χ1v) is 12.5. The van der Waals surface area contributed by atoms with Crippen molar-refractivity contribution in [2.45, 2.75) is 6.04 Å². The topological polar surface area (TPSA) is 141 Å². The molecule has 0 saturated carbocycles. The van der Waals surface area contributed by atoms with E-state index in [0.29, 0.717) is 44.4 Å². The molecule has 5 rings (SSSR count). The van der Waals surface area contributed by atoms with Crippen LogP contribution in [-0.2, 0) is 0 Å². The molecule has 4 aromatic heterocycles. The molecule has 0 aliphatic carbocycles. The van der Waals surface area contributed by atoms with E-state index in [0.717, 1.165) is 21.7 Å². The van der Waals surface area contributed by atoms with Gasteiger partial charge in [0.05, 0.1) is 42.7 Å². The summed E-state index contributed by atoms with van der Waals surface area (Å²) in [7, 11) is 3.17. The van der Waals surface area contributed by atoms with Gasteiger partial charge in [0.2, 0.25) is 5.88 Å². The third-order valence-electron chi connectivity index (χ3n) is 5.89. The van der Waals surface area contributed by atoms with Crippen LogP contribution in [0.4, 0.5) is 5.82 Å². The van der Waals surface area contributed by atoms with E-state index in [9.17, 15) is 0 Å². The zero-order valence-electron chi connectivity index (χ0n) is 21.0. The molecule has 1 atom stereocenters. The fourth-order valence-corrected chi connectivity index (χ4v) is 4.42. The van der Waals surface area contributed by atoms with E-state index in [1.165, 1.54) is 6.20 Å². The van der Waals surface area contributed by atoms with Crippen molar-refractivity contribution in [1.82, 2.24) is 19.9 Å². The van der Waals surface area contributed by atoms with Gasteiger partial charge in [-0.2, -0.15) is 0 Å². The Morgan fingerprint density at radius 1 is 0.821 bits per heavy atom. The molecule has 10 nitrogen and oxygen atoms in total. The van der Waals surface area contributed by atoms with Crippen LogP contribution in [-0.4, -0.2) is 53.4 Å². The minimum absolute atomic E-state index is 0.138. The van der Waals surface area contributed by atoms with Crippen LogP contribution >= 0.6 is 23.2 Å². The maximum Gasteiger partial charge on any atom is 0.232 e. The molecule has 4 heterocycles. The Morgan fingerprint density at radius 3 is 2.36 bits per heavy atom. The van der Waals surface area contributed by atoms with Crippen molar-refractivity contribution in [1.29, 1.82) is 0 Å². The molecule has 5 aromatic rings. The normalized spacial score (nSPS) is 11.9. The lowest BCUT2D eigenvalue weighted by molar-refractivity contribution is 0.215. The monoisotopic (exact) mass is 566 g/mol. The third-order valence-corrected chi connectivity index (χ3v) is 6.37. The van der Waals surface area contributed by atoms with Gasteiger partial charge in [-0.1, -0.05) is 23.2 Å². The zero-order chi connectivity index (χ0) is 27.5. The number of fused-ring (bicyclic) bond motifs is 3. The fraction of sp³-hybridized carbons (Fsp3) is 0.185. The molecule has 4 N–H and O–H groups in total. The molecule has 0 bridgehead atoms. The van der Waals surface area contributed by atoms with E-state index in [4.69, 9.17) is 53.6 Å². The van der Waals surface area contributed by atoms with Crippen molar-refractivity contribution in [3.05, 3.63) is 65.2 Å². The lowest BCUT2D eigenvalue weighted by Crippen LogP contribution is -2.34. The van der Waals surface area contributed by atoms with Gasteiger partial charge < -0.3 is 30.4 Å². The number of ether oxygens (including phenoxy) is 4. The molecular weight excluding hydrogens is 543 g/mol. The number of nitrogen functional groups attached to an aromatic ring is 1. The van der Waals surface area contributed by atoms with Gasteiger partial charge in [-0.3, -0.25) is 9.97 Å². The summed E-state index contributed by atoms with van der Waals surface area (Å²) in [6.45, 7) is 0.307. The summed E-state index contributed by atoms with van der Waals surface area (Å²) in [4.78, 5) is 17.5. The molecule has 1 aromatic carbocycles. The van der Waals surface area contributed by atoms with Crippen LogP contribution in [0.15, 0.2) is 55.1 Å². The summed E-state index contributed by atoms with van der Waals surface area (Å²) in [5, 5.41) is 3.15. The number of methoxy groups -OCH3 is 2. The molecule has 12 heteroatoms. The summed E-state index contributed by atoms with van der Waals surface area (Å²) >= 11 is 12.0. The van der Waals surface area contributed by atoms with E-state index in [1.807, 2.05) is 24.3 Å². The van der Waals surface area contributed by atoms with E-state index in [2.05, 4.69) is 19.9 Å². The number of anilines is 1. The summed E-state index contributed by atoms with van der Waals surface area (Å²) in [5.41, 5.74) is 14.6. The Morgan fingerprint density at radius 2 is 1.59 bits per heavy atom. The molecule has 200 valence electrons. The second-order valence-electron chi connectivity index (χ2n) is 8.57. The van der Waals surface area contributed by atoms with Gasteiger partial charge in [0.25, 0.3) is 0 Å². The highest BCUT2D eigenvalue weighted by Crippen LogP contribution is 2.37. The van der Waals surface area contributed by atoms with Gasteiger partial charge >= 0.3 is 0 Å². The van der Waals surface area contributed by atoms with E-state index in [1.54, 1.807) is 38.9 Å². The van der Waals surface area contributed by atoms with E-state index in [-0.39, 0.29) is 19.1 Å². The van der Waals surface area contributed by atoms with Crippen LogP contribution in [0.25, 0.3) is 32.9 Å². The average Bonchev–Trinajstić information content (AvgIpc) is 2.94. The van der Waals surface area contributed by atoms with Crippen LogP contribution < -0.4 is 30.4 Å². The summed E-state index contributed by atoms with van der Waals surface area (Å²) in [6, 6.07) is 8.54. The molecule has 0 aliphatic heterocycles. The van der Waals surface area contributed by atoms with Crippen LogP contribution in [0.5, 0.6) is 23.1 Å². The van der Waals surface area contributed by atoms with Crippen molar-refractivity contribution in [3.63, 3.8) is 0 Å². The van der Waals surface area contributed by atoms with Gasteiger partial charge in [-0.05, 0) is 29.7 Å². The molecule has 0 aliphatic rings. The van der Waals surface area contributed by atoms with E-state index >= 15 is 0 Å². The lowest BCUT2D eigenvalue weighted by Gasteiger charge is -2.15. The van der Waals surface area contributed by atoms with Crippen molar-refractivity contribution in [2.75, 3.05) is 33.2 Å². The highest BCUT2D eigenvalue weighted by Gasteiger charge is 2.15. The quantitative estimate of drug-likeness (QED) is 0.236. The van der Waals surface area contributed by atoms with Crippen molar-refractivity contribution in [2.24, 2.45) is 5.73 Å². The Hall–Kier alpha value is -4.12. The van der Waals surface area contributed by atoms with Gasteiger partial charge in [0.15, 0.2) is 11.5 Å². The average molecular weight is 567 g/mol. The predicted molar refractivity (Wildman–Crippen MR) is 151 cm³/mol. The lowest BCUT2D eigenvalue weighted by atomic mass is 10.0. The number of nitrogens with two attached hydrogens (primary N) is 2. The highest BCUT2D eigenvalue weighted by atomic mass is 35.5. The number of halogens is 2. The second-order valence-corrected chi connectivity index (χ2v) is 9.41. The first kappa shape index (κ1) is 26.5. The summed E-state index contributed by atoms with van der Waals surface area (Å²) in [5.74, 6) is 2.27. The molecule has 39 heavy (non-hydrogen) atoms. The van der Waals surface area contributed by atoms with Crippen LogP contribution in [0.1, 0.15) is 0 Å². The van der Waals surface area contributed by atoms with E-state index < -0.39 is 6.04 Å². The van der Waals surface area contributed by atoms with Gasteiger partial charge in [0, 0.05) is 41.0 Å². The number of rotatable bonds is 9. The number of aromatic nitrogens is 4. The molecule has 0 fully saturated rings. The van der Waals surface area contributed by atoms with Gasteiger partial charge in [0.1, 0.15) is 29.8 Å². The minimum atomic E-state index is -0.456. The maximum absolute atomic E-state index is 6.34. The van der Waals surface area contributed by atoms with Crippen molar-refractivity contribution < 1.29 is 18.9 Å². The number of hydrogen-bond acceptors (Lipinski definition) is 10. The Labute approximate surface area is 233 Å². The Balaban J connectivity index is 1.37. The number of nitrogens with zero attached hydrogens (tertiary/aromatic N) is 4. The molecule has 0 amide bonds. The van der Waals surface area contributed by atoms with Crippen molar-refractivity contribution in [3.8, 4) is 34.4 Å². The predicted octanol–water partition coefficient (Wildman–Crippen LogP) is 4.93. The zero-order valence-corrected chi connectivity index (χ0v) is 22.5. The summed E-state index contributed by atoms with van der Waals surface area (Å²) in [6.07, 6.45) is 6.42. The number of hydrogen-bond donors (Lipinski definition) is 2. The fourth-order valence-electron chi connectivity index (χ4n) is 3.99. The molecule has 0 spiro atoms. The first-order chi connectivity index (χ1) is 18.9. The van der Waals surface area contributed by atoms with Gasteiger partial charge in [-0.25, -0.2) is 9.97 Å². The maximum atomic E-state index is 6.34. The smallest absolute Gasteiger partial charge is 0.232 e. The minimum Gasteiger partial charge on any atom is -0.493 e. The SMILES string of the molecule is COc1cc2ncc3c(N)nc(-c4cncc(OC[C@@H](N)COc5ncc(Cl)cc5Cl)c4)cc3c2cc1OC. The molecule has 0 radical (unpaired) electrons. The van der Waals surface area contributed by atoms with Crippen LogP contribution in [0, 0.1) is 0 Å². The molecule has 0 saturated heterocycles. The van der Waals surface area contributed by atoms with Crippen molar-refractivity contribution >= 4 is 50.7 Å². The molecular formula is C27H24Cl2N6O4. The third kappa shape index (κ3) is 5.68. The molecule has 0 unspecified atom stereocenters. The van der Waals surface area contributed by atoms with Crippen LogP contribution in [0.3, 0.4) is 0 Å². The number of benzene rings is 1. The summed E-state index contributed by atoms with van der Waals surface area (Å²) < 4.78 is 22.4. The first-order valence-electron chi connectivity index (χ1n) is 11.7. The highest BCUT2D eigenvalue weighted by molar-refractivity contribution is 6.35. The van der Waals surface area contributed by atoms with Crippen LogP contribution in [0.2, 0.25) is 10.0 Å². The second kappa shape index (κ2) is 11.3.